The van der Waals surface area contributed by atoms with Crippen LogP contribution >= 0.6 is 0 Å². The average molecular weight is 227 g/mol. The third kappa shape index (κ3) is 5.11. The molecule has 1 aliphatic heterocycles. The minimum Gasteiger partial charge on any atom is -0.354 e. The van der Waals surface area contributed by atoms with Gasteiger partial charge in [-0.1, -0.05) is 0 Å². The fourth-order valence-corrected chi connectivity index (χ4v) is 1.59. The van der Waals surface area contributed by atoms with Gasteiger partial charge in [0.25, 0.3) is 0 Å². The number of hydrogen-bond acceptors (Lipinski definition) is 3. The molecule has 4 N–H and O–H groups in total. The van der Waals surface area contributed by atoms with Crippen LogP contribution < -0.4 is 16.4 Å². The van der Waals surface area contributed by atoms with E-state index in [9.17, 15) is 9.59 Å². The molecule has 0 spiro atoms. The summed E-state index contributed by atoms with van der Waals surface area (Å²) in [5.74, 6) is 0.0713. The molecule has 1 saturated heterocycles. The van der Waals surface area contributed by atoms with E-state index < -0.39 is 0 Å². The van der Waals surface area contributed by atoms with Gasteiger partial charge in [-0.15, -0.1) is 0 Å². The number of nitrogens with one attached hydrogen (secondary N) is 2. The SMILES string of the molecule is CC(C)(N)CCC(=O)NCC1CCC(=O)N1. The number of rotatable bonds is 5. The van der Waals surface area contributed by atoms with Crippen LogP contribution in [0.3, 0.4) is 0 Å². The van der Waals surface area contributed by atoms with Crippen LogP contribution in [0.2, 0.25) is 0 Å². The van der Waals surface area contributed by atoms with E-state index in [0.29, 0.717) is 25.8 Å². The van der Waals surface area contributed by atoms with Crippen molar-refractivity contribution in [2.45, 2.75) is 51.1 Å². The first-order chi connectivity index (χ1) is 7.37. The summed E-state index contributed by atoms with van der Waals surface area (Å²) in [6, 6.07) is 0.0994. The fourth-order valence-electron chi connectivity index (χ4n) is 1.59. The molecule has 1 rings (SSSR count). The van der Waals surface area contributed by atoms with Crippen LogP contribution in [0.1, 0.15) is 39.5 Å². The molecule has 0 radical (unpaired) electrons. The topological polar surface area (TPSA) is 84.2 Å². The molecule has 1 unspecified atom stereocenters. The molecule has 5 heteroatoms. The minimum atomic E-state index is -0.307. The van der Waals surface area contributed by atoms with Gasteiger partial charge in [-0.2, -0.15) is 0 Å². The highest BCUT2D eigenvalue weighted by Crippen LogP contribution is 2.07. The molecule has 0 saturated carbocycles. The summed E-state index contributed by atoms with van der Waals surface area (Å²) in [4.78, 5) is 22.4. The van der Waals surface area contributed by atoms with Crippen LogP contribution in [-0.2, 0) is 9.59 Å². The monoisotopic (exact) mass is 227 g/mol. The molecule has 0 bridgehead atoms. The molecule has 1 aliphatic rings. The molecule has 1 atom stereocenters. The lowest BCUT2D eigenvalue weighted by Gasteiger charge is -2.18. The van der Waals surface area contributed by atoms with E-state index >= 15 is 0 Å². The first-order valence-corrected chi connectivity index (χ1v) is 5.72. The van der Waals surface area contributed by atoms with Crippen molar-refractivity contribution >= 4 is 11.8 Å². The highest BCUT2D eigenvalue weighted by atomic mass is 16.2. The predicted octanol–water partition coefficient (Wildman–Crippen LogP) is -0.101. The fraction of sp³-hybridized carbons (Fsp3) is 0.818. The summed E-state index contributed by atoms with van der Waals surface area (Å²) in [5.41, 5.74) is 5.48. The minimum absolute atomic E-state index is 0.000302. The summed E-state index contributed by atoms with van der Waals surface area (Å²) in [7, 11) is 0. The van der Waals surface area contributed by atoms with Crippen LogP contribution in [0.15, 0.2) is 0 Å². The van der Waals surface area contributed by atoms with Gasteiger partial charge in [-0.3, -0.25) is 9.59 Å². The van der Waals surface area contributed by atoms with Gasteiger partial charge in [0, 0.05) is 31.0 Å². The van der Waals surface area contributed by atoms with E-state index in [4.69, 9.17) is 5.73 Å². The molecule has 1 heterocycles. The van der Waals surface area contributed by atoms with E-state index in [1.807, 2.05) is 13.8 Å². The van der Waals surface area contributed by atoms with Crippen LogP contribution in [0.25, 0.3) is 0 Å². The van der Waals surface area contributed by atoms with Crippen LogP contribution in [0.4, 0.5) is 0 Å². The van der Waals surface area contributed by atoms with E-state index in [-0.39, 0.29) is 23.4 Å². The Bertz CT molecular complexity index is 271. The number of carbonyl (C=O) groups excluding carboxylic acids is 2. The van der Waals surface area contributed by atoms with E-state index in [1.54, 1.807) is 0 Å². The van der Waals surface area contributed by atoms with Gasteiger partial charge in [-0.05, 0) is 26.7 Å². The lowest BCUT2D eigenvalue weighted by Crippen LogP contribution is -2.39. The zero-order valence-corrected chi connectivity index (χ0v) is 10.0. The summed E-state index contributed by atoms with van der Waals surface area (Å²) in [6.07, 6.45) is 2.47. The van der Waals surface area contributed by atoms with Gasteiger partial charge in [0.2, 0.25) is 11.8 Å². The van der Waals surface area contributed by atoms with Gasteiger partial charge >= 0.3 is 0 Å². The van der Waals surface area contributed by atoms with E-state index in [0.717, 1.165) is 6.42 Å². The van der Waals surface area contributed by atoms with Crippen molar-refractivity contribution in [2.75, 3.05) is 6.54 Å². The number of nitrogens with two attached hydrogens (primary N) is 1. The number of carbonyl (C=O) groups is 2. The van der Waals surface area contributed by atoms with Crippen molar-refractivity contribution in [2.24, 2.45) is 5.73 Å². The summed E-state index contributed by atoms with van der Waals surface area (Å²) < 4.78 is 0. The van der Waals surface area contributed by atoms with Crippen molar-refractivity contribution in [1.82, 2.24) is 10.6 Å². The molecule has 0 aromatic heterocycles. The van der Waals surface area contributed by atoms with Gasteiger partial charge < -0.3 is 16.4 Å². The highest BCUT2D eigenvalue weighted by Gasteiger charge is 2.21. The Kier molecular flexibility index (Phi) is 4.29. The third-order valence-electron chi connectivity index (χ3n) is 2.63. The molecule has 1 fully saturated rings. The Morgan fingerprint density at radius 1 is 1.62 bits per heavy atom. The lowest BCUT2D eigenvalue weighted by atomic mass is 10.00. The van der Waals surface area contributed by atoms with Gasteiger partial charge in [-0.25, -0.2) is 0 Å². The second-order valence-corrected chi connectivity index (χ2v) is 5.10. The Morgan fingerprint density at radius 3 is 2.81 bits per heavy atom. The molecule has 92 valence electrons. The lowest BCUT2D eigenvalue weighted by molar-refractivity contribution is -0.122. The Balaban J connectivity index is 2.13. The third-order valence-corrected chi connectivity index (χ3v) is 2.63. The Morgan fingerprint density at radius 2 is 2.31 bits per heavy atom. The van der Waals surface area contributed by atoms with Gasteiger partial charge in [0.15, 0.2) is 0 Å². The van der Waals surface area contributed by atoms with Gasteiger partial charge in [0.05, 0.1) is 0 Å². The summed E-state index contributed by atoms with van der Waals surface area (Å²) in [6.45, 7) is 4.32. The maximum atomic E-state index is 11.4. The molecular weight excluding hydrogens is 206 g/mol. The summed E-state index contributed by atoms with van der Waals surface area (Å²) >= 11 is 0. The van der Waals surface area contributed by atoms with Crippen molar-refractivity contribution < 1.29 is 9.59 Å². The molecule has 0 aliphatic carbocycles. The van der Waals surface area contributed by atoms with E-state index in [1.165, 1.54) is 0 Å². The zero-order valence-electron chi connectivity index (χ0n) is 10.0. The Labute approximate surface area is 96.1 Å². The first-order valence-electron chi connectivity index (χ1n) is 5.72. The van der Waals surface area contributed by atoms with Crippen LogP contribution in [0.5, 0.6) is 0 Å². The maximum Gasteiger partial charge on any atom is 0.220 e. The second kappa shape index (κ2) is 5.30. The molecule has 2 amide bonds. The average Bonchev–Trinajstić information content (AvgIpc) is 2.57. The quantitative estimate of drug-likeness (QED) is 0.613. The largest absolute Gasteiger partial charge is 0.354 e. The molecule has 16 heavy (non-hydrogen) atoms. The molecule has 5 nitrogen and oxygen atoms in total. The van der Waals surface area contributed by atoms with Gasteiger partial charge in [0.1, 0.15) is 0 Å². The van der Waals surface area contributed by atoms with Crippen molar-refractivity contribution in [3.8, 4) is 0 Å². The molecule has 0 aromatic rings. The Hall–Kier alpha value is -1.10. The number of amides is 2. The predicted molar refractivity (Wildman–Crippen MR) is 61.7 cm³/mol. The van der Waals surface area contributed by atoms with Crippen LogP contribution in [-0.4, -0.2) is 29.9 Å². The smallest absolute Gasteiger partial charge is 0.220 e. The zero-order chi connectivity index (χ0) is 12.2. The van der Waals surface area contributed by atoms with Crippen molar-refractivity contribution in [3.63, 3.8) is 0 Å². The highest BCUT2D eigenvalue weighted by molar-refractivity contribution is 5.79. The van der Waals surface area contributed by atoms with Crippen molar-refractivity contribution in [3.05, 3.63) is 0 Å². The molecule has 0 aromatic carbocycles. The summed E-state index contributed by atoms with van der Waals surface area (Å²) in [5, 5.41) is 5.61. The molecular formula is C11H21N3O2. The first kappa shape index (κ1) is 13.0. The second-order valence-electron chi connectivity index (χ2n) is 5.10. The van der Waals surface area contributed by atoms with Crippen molar-refractivity contribution in [1.29, 1.82) is 0 Å². The normalized spacial score (nSPS) is 20.7. The van der Waals surface area contributed by atoms with Crippen LogP contribution in [0, 0.1) is 0 Å². The standard InChI is InChI=1S/C11H21N3O2/c1-11(2,12)6-5-9(15)13-7-8-3-4-10(16)14-8/h8H,3-7,12H2,1-2H3,(H,13,15)(H,14,16). The van der Waals surface area contributed by atoms with E-state index in [2.05, 4.69) is 10.6 Å². The maximum absolute atomic E-state index is 11.4. The number of hydrogen-bond donors (Lipinski definition) is 3.